The van der Waals surface area contributed by atoms with E-state index >= 15 is 0 Å². The molecule has 0 atom stereocenters. The van der Waals surface area contributed by atoms with Crippen molar-refractivity contribution in [3.63, 3.8) is 0 Å². The summed E-state index contributed by atoms with van der Waals surface area (Å²) in [6.07, 6.45) is 1.65. The Morgan fingerprint density at radius 1 is 1.40 bits per heavy atom. The first kappa shape index (κ1) is 13.9. The van der Waals surface area contributed by atoms with Crippen LogP contribution in [0.15, 0.2) is 24.4 Å². The summed E-state index contributed by atoms with van der Waals surface area (Å²) < 4.78 is 10.6. The number of aromatic amines is 1. The number of rotatable bonds is 5. The Morgan fingerprint density at radius 3 is 2.80 bits per heavy atom. The third-order valence-corrected chi connectivity index (χ3v) is 2.79. The van der Waals surface area contributed by atoms with Crippen LogP contribution in [0, 0.1) is 6.92 Å². The fourth-order valence-electron chi connectivity index (χ4n) is 1.74. The van der Waals surface area contributed by atoms with E-state index in [1.165, 1.54) is 0 Å². The lowest BCUT2D eigenvalue weighted by Crippen LogP contribution is -2.13. The van der Waals surface area contributed by atoms with Crippen molar-refractivity contribution in [2.45, 2.75) is 13.8 Å². The van der Waals surface area contributed by atoms with E-state index in [2.05, 4.69) is 15.5 Å². The molecule has 0 unspecified atom stereocenters. The smallest absolute Gasteiger partial charge is 0.256 e. The van der Waals surface area contributed by atoms with Gasteiger partial charge in [-0.2, -0.15) is 5.10 Å². The molecule has 0 saturated heterocycles. The van der Waals surface area contributed by atoms with Gasteiger partial charge in [0.15, 0.2) is 11.5 Å². The fraction of sp³-hybridized carbons (Fsp3) is 0.286. The first-order valence-corrected chi connectivity index (χ1v) is 6.27. The molecule has 20 heavy (non-hydrogen) atoms. The summed E-state index contributed by atoms with van der Waals surface area (Å²) in [6.45, 7) is 4.29. The van der Waals surface area contributed by atoms with Crippen molar-refractivity contribution in [2.24, 2.45) is 0 Å². The number of aryl methyl sites for hydroxylation is 1. The Bertz CT molecular complexity index is 607. The van der Waals surface area contributed by atoms with Gasteiger partial charge in [0.05, 0.1) is 19.9 Å². The van der Waals surface area contributed by atoms with Gasteiger partial charge < -0.3 is 14.8 Å². The van der Waals surface area contributed by atoms with Gasteiger partial charge in [0, 0.05) is 11.1 Å². The Labute approximate surface area is 117 Å². The predicted molar refractivity (Wildman–Crippen MR) is 75.4 cm³/mol. The van der Waals surface area contributed by atoms with Crippen LogP contribution in [-0.4, -0.2) is 29.8 Å². The van der Waals surface area contributed by atoms with E-state index in [0.717, 1.165) is 5.56 Å². The molecule has 0 bridgehead atoms. The lowest BCUT2D eigenvalue weighted by Gasteiger charge is -2.11. The number of carbonyl (C=O) groups is 1. The molecule has 0 aliphatic carbocycles. The maximum atomic E-state index is 12.1. The highest BCUT2D eigenvalue weighted by Crippen LogP contribution is 2.28. The number of nitrogens with zero attached hydrogens (tertiary/aromatic N) is 1. The Hall–Kier alpha value is -2.50. The highest BCUT2D eigenvalue weighted by Gasteiger charge is 2.12. The molecular formula is C14H17N3O3. The van der Waals surface area contributed by atoms with Gasteiger partial charge in [-0.25, -0.2) is 0 Å². The van der Waals surface area contributed by atoms with E-state index in [9.17, 15) is 4.79 Å². The molecular weight excluding hydrogens is 258 g/mol. The van der Waals surface area contributed by atoms with Crippen molar-refractivity contribution >= 4 is 11.7 Å². The SMILES string of the molecule is CCOc1ccc(C(=O)Nc2[nH]ncc2C)cc1OC. The molecule has 0 fully saturated rings. The lowest BCUT2D eigenvalue weighted by molar-refractivity contribution is 0.102. The Kier molecular flexibility index (Phi) is 4.24. The summed E-state index contributed by atoms with van der Waals surface area (Å²) in [5, 5.41) is 9.34. The van der Waals surface area contributed by atoms with Gasteiger partial charge in [-0.15, -0.1) is 0 Å². The van der Waals surface area contributed by atoms with Crippen LogP contribution in [0.25, 0.3) is 0 Å². The number of hydrogen-bond acceptors (Lipinski definition) is 4. The van der Waals surface area contributed by atoms with Crippen LogP contribution in [-0.2, 0) is 0 Å². The molecule has 6 heteroatoms. The first-order chi connectivity index (χ1) is 9.65. The molecule has 1 aromatic heterocycles. The van der Waals surface area contributed by atoms with Crippen LogP contribution in [0.2, 0.25) is 0 Å². The second kappa shape index (κ2) is 6.10. The van der Waals surface area contributed by atoms with E-state index in [0.29, 0.717) is 29.5 Å². The second-order valence-electron chi connectivity index (χ2n) is 4.18. The van der Waals surface area contributed by atoms with Crippen molar-refractivity contribution in [3.8, 4) is 11.5 Å². The van der Waals surface area contributed by atoms with Crippen LogP contribution in [0.5, 0.6) is 11.5 Å². The van der Waals surface area contributed by atoms with Gasteiger partial charge in [-0.3, -0.25) is 9.89 Å². The topological polar surface area (TPSA) is 76.2 Å². The van der Waals surface area contributed by atoms with Crippen LogP contribution >= 0.6 is 0 Å². The average Bonchev–Trinajstić information content (AvgIpc) is 2.85. The number of benzene rings is 1. The van der Waals surface area contributed by atoms with E-state index in [4.69, 9.17) is 9.47 Å². The number of anilines is 1. The minimum Gasteiger partial charge on any atom is -0.493 e. The number of aromatic nitrogens is 2. The molecule has 0 aliphatic rings. The Balaban J connectivity index is 2.20. The molecule has 0 saturated carbocycles. The number of hydrogen-bond donors (Lipinski definition) is 2. The van der Waals surface area contributed by atoms with E-state index in [-0.39, 0.29) is 5.91 Å². The zero-order valence-corrected chi connectivity index (χ0v) is 11.7. The summed E-state index contributed by atoms with van der Waals surface area (Å²) in [5.74, 6) is 1.49. The molecule has 0 radical (unpaired) electrons. The molecule has 1 heterocycles. The molecule has 106 valence electrons. The highest BCUT2D eigenvalue weighted by molar-refractivity contribution is 6.04. The Morgan fingerprint density at radius 2 is 2.20 bits per heavy atom. The standard InChI is InChI=1S/C14H17N3O3/c1-4-20-11-6-5-10(7-12(11)19-3)14(18)16-13-9(2)8-15-17-13/h5-8H,4H2,1-3H3,(H2,15,16,17,18). The number of nitrogens with one attached hydrogen (secondary N) is 2. The van der Waals surface area contributed by atoms with E-state index in [1.54, 1.807) is 31.5 Å². The van der Waals surface area contributed by atoms with Gasteiger partial charge in [-0.1, -0.05) is 0 Å². The quantitative estimate of drug-likeness (QED) is 0.878. The first-order valence-electron chi connectivity index (χ1n) is 6.27. The largest absolute Gasteiger partial charge is 0.493 e. The summed E-state index contributed by atoms with van der Waals surface area (Å²) in [4.78, 5) is 12.1. The van der Waals surface area contributed by atoms with Crippen LogP contribution in [0.3, 0.4) is 0 Å². The summed E-state index contributed by atoms with van der Waals surface area (Å²) in [6, 6.07) is 5.05. The van der Waals surface area contributed by atoms with Gasteiger partial charge in [0.25, 0.3) is 5.91 Å². The predicted octanol–water partition coefficient (Wildman–Crippen LogP) is 2.38. The average molecular weight is 275 g/mol. The molecule has 6 nitrogen and oxygen atoms in total. The summed E-state index contributed by atoms with van der Waals surface area (Å²) >= 11 is 0. The molecule has 1 amide bonds. The maximum absolute atomic E-state index is 12.1. The van der Waals surface area contributed by atoms with Gasteiger partial charge in [-0.05, 0) is 32.0 Å². The summed E-state index contributed by atoms with van der Waals surface area (Å²) in [7, 11) is 1.54. The molecule has 0 aliphatic heterocycles. The summed E-state index contributed by atoms with van der Waals surface area (Å²) in [5.41, 5.74) is 1.36. The van der Waals surface area contributed by atoms with Crippen LogP contribution < -0.4 is 14.8 Å². The van der Waals surface area contributed by atoms with Crippen molar-refractivity contribution in [1.29, 1.82) is 0 Å². The zero-order chi connectivity index (χ0) is 14.5. The second-order valence-corrected chi connectivity index (χ2v) is 4.18. The third-order valence-electron chi connectivity index (χ3n) is 2.79. The van der Waals surface area contributed by atoms with Crippen molar-refractivity contribution in [3.05, 3.63) is 35.5 Å². The van der Waals surface area contributed by atoms with Crippen LogP contribution in [0.4, 0.5) is 5.82 Å². The van der Waals surface area contributed by atoms with Gasteiger partial charge in [0.2, 0.25) is 0 Å². The fourth-order valence-corrected chi connectivity index (χ4v) is 1.74. The van der Waals surface area contributed by atoms with Gasteiger partial charge >= 0.3 is 0 Å². The highest BCUT2D eigenvalue weighted by atomic mass is 16.5. The molecule has 2 N–H and O–H groups in total. The molecule has 2 rings (SSSR count). The van der Waals surface area contributed by atoms with E-state index < -0.39 is 0 Å². The number of ether oxygens (including phenoxy) is 2. The molecule has 1 aromatic carbocycles. The van der Waals surface area contributed by atoms with Crippen molar-refractivity contribution in [1.82, 2.24) is 10.2 Å². The monoisotopic (exact) mass is 275 g/mol. The van der Waals surface area contributed by atoms with Crippen LogP contribution in [0.1, 0.15) is 22.8 Å². The zero-order valence-electron chi connectivity index (χ0n) is 11.7. The minimum absolute atomic E-state index is 0.237. The van der Waals surface area contributed by atoms with Crippen molar-refractivity contribution < 1.29 is 14.3 Å². The molecule has 2 aromatic rings. The number of carbonyl (C=O) groups excluding carboxylic acids is 1. The number of amides is 1. The number of methoxy groups -OCH3 is 1. The number of H-pyrrole nitrogens is 1. The maximum Gasteiger partial charge on any atom is 0.256 e. The normalized spacial score (nSPS) is 10.2. The van der Waals surface area contributed by atoms with Crippen molar-refractivity contribution in [2.75, 3.05) is 19.0 Å². The minimum atomic E-state index is -0.237. The molecule has 0 spiro atoms. The van der Waals surface area contributed by atoms with E-state index in [1.807, 2.05) is 13.8 Å². The lowest BCUT2D eigenvalue weighted by atomic mass is 10.2. The van der Waals surface area contributed by atoms with Gasteiger partial charge in [0.1, 0.15) is 5.82 Å². The third kappa shape index (κ3) is 2.90.